The molecule has 1 saturated heterocycles. The van der Waals surface area contributed by atoms with E-state index in [9.17, 15) is 4.79 Å². The van der Waals surface area contributed by atoms with E-state index in [1.807, 2.05) is 24.9 Å². The van der Waals surface area contributed by atoms with Crippen LogP contribution in [0.15, 0.2) is 6.20 Å². The minimum absolute atomic E-state index is 0.0163. The van der Waals surface area contributed by atoms with Crippen LogP contribution in [0.25, 0.3) is 0 Å². The third-order valence-corrected chi connectivity index (χ3v) is 4.22. The van der Waals surface area contributed by atoms with Crippen molar-refractivity contribution in [1.29, 1.82) is 0 Å². The SMILES string of the molecule is CC(C)[C@H](ON)C(=O)N1C[C@@H](C)C[C@H]1c1nc(I)c[nH]1. The number of hydrogen-bond acceptors (Lipinski definition) is 4. The van der Waals surface area contributed by atoms with Crippen LogP contribution in [0.2, 0.25) is 0 Å². The predicted octanol–water partition coefficient (Wildman–Crippen LogP) is 1.84. The van der Waals surface area contributed by atoms with Gasteiger partial charge >= 0.3 is 0 Å². The van der Waals surface area contributed by atoms with Crippen LogP contribution in [0.1, 0.15) is 39.1 Å². The Balaban J connectivity index is 2.22. The topological polar surface area (TPSA) is 84.2 Å². The maximum Gasteiger partial charge on any atom is 0.254 e. The summed E-state index contributed by atoms with van der Waals surface area (Å²) in [6.07, 6.45) is 2.16. The highest BCUT2D eigenvalue weighted by atomic mass is 127. The lowest BCUT2D eigenvalue weighted by atomic mass is 10.1. The number of carbonyl (C=O) groups is 1. The first-order valence-electron chi connectivity index (χ1n) is 6.80. The van der Waals surface area contributed by atoms with Gasteiger partial charge in [-0.3, -0.25) is 9.63 Å². The zero-order chi connectivity index (χ0) is 14.9. The molecule has 2 rings (SSSR count). The molecule has 1 aliphatic rings. The van der Waals surface area contributed by atoms with Crippen molar-refractivity contribution in [2.24, 2.45) is 17.7 Å². The van der Waals surface area contributed by atoms with E-state index in [4.69, 9.17) is 10.7 Å². The van der Waals surface area contributed by atoms with Gasteiger partial charge in [-0.25, -0.2) is 10.9 Å². The quantitative estimate of drug-likeness (QED) is 0.605. The van der Waals surface area contributed by atoms with Crippen molar-refractivity contribution in [1.82, 2.24) is 14.9 Å². The molecule has 1 amide bonds. The van der Waals surface area contributed by atoms with Crippen molar-refractivity contribution in [2.75, 3.05) is 6.54 Å². The number of aromatic amines is 1. The Kier molecular flexibility index (Phi) is 5.03. The summed E-state index contributed by atoms with van der Waals surface area (Å²) in [5.74, 6) is 6.56. The summed E-state index contributed by atoms with van der Waals surface area (Å²) in [5.41, 5.74) is 0. The Labute approximate surface area is 132 Å². The Morgan fingerprint density at radius 1 is 1.65 bits per heavy atom. The minimum atomic E-state index is -0.600. The highest BCUT2D eigenvalue weighted by Crippen LogP contribution is 2.35. The Morgan fingerprint density at radius 3 is 2.85 bits per heavy atom. The maximum absolute atomic E-state index is 12.6. The molecule has 3 N–H and O–H groups in total. The second kappa shape index (κ2) is 6.40. The molecule has 6 nitrogen and oxygen atoms in total. The molecule has 20 heavy (non-hydrogen) atoms. The van der Waals surface area contributed by atoms with Crippen LogP contribution in [0.3, 0.4) is 0 Å². The molecule has 7 heteroatoms. The number of H-pyrrole nitrogens is 1. The first-order chi connectivity index (χ1) is 9.43. The van der Waals surface area contributed by atoms with Gasteiger partial charge in [0.05, 0.1) is 6.04 Å². The molecule has 2 heterocycles. The van der Waals surface area contributed by atoms with Crippen LogP contribution in [-0.4, -0.2) is 33.4 Å². The van der Waals surface area contributed by atoms with Gasteiger partial charge in [0, 0.05) is 12.7 Å². The lowest BCUT2D eigenvalue weighted by Crippen LogP contribution is -2.44. The summed E-state index contributed by atoms with van der Waals surface area (Å²) < 4.78 is 0.903. The molecule has 0 aromatic carbocycles. The van der Waals surface area contributed by atoms with Gasteiger partial charge in [0.2, 0.25) is 0 Å². The minimum Gasteiger partial charge on any atom is -0.346 e. The molecule has 3 atom stereocenters. The summed E-state index contributed by atoms with van der Waals surface area (Å²) in [4.78, 5) is 27.0. The number of aromatic nitrogens is 2. The standard InChI is InChI=1S/C13H21IN4O2/c1-7(2)11(20-15)13(19)18-6-8(3)4-9(18)12-16-5-10(14)17-12/h5,7-9,11H,4,6,15H2,1-3H3,(H,16,17)/t8-,9-,11-/m0/s1. The van der Waals surface area contributed by atoms with Crippen LogP contribution in [-0.2, 0) is 9.63 Å². The molecule has 112 valence electrons. The average molecular weight is 392 g/mol. The first kappa shape index (κ1) is 15.7. The van der Waals surface area contributed by atoms with Crippen LogP contribution < -0.4 is 5.90 Å². The maximum atomic E-state index is 12.6. The number of hydrogen-bond donors (Lipinski definition) is 2. The summed E-state index contributed by atoms with van der Waals surface area (Å²) in [5, 5.41) is 0. The molecule has 0 bridgehead atoms. The summed E-state index contributed by atoms with van der Waals surface area (Å²) >= 11 is 2.16. The van der Waals surface area contributed by atoms with Gasteiger partial charge in [0.1, 0.15) is 9.53 Å². The van der Waals surface area contributed by atoms with Gasteiger partial charge < -0.3 is 9.88 Å². The number of nitrogens with two attached hydrogens (primary N) is 1. The zero-order valence-corrected chi connectivity index (χ0v) is 14.1. The fourth-order valence-electron chi connectivity index (χ4n) is 2.70. The first-order valence-corrected chi connectivity index (χ1v) is 7.88. The van der Waals surface area contributed by atoms with E-state index in [0.717, 1.165) is 15.9 Å². The number of nitrogens with one attached hydrogen (secondary N) is 1. The zero-order valence-electron chi connectivity index (χ0n) is 12.0. The van der Waals surface area contributed by atoms with E-state index in [1.54, 1.807) is 0 Å². The largest absolute Gasteiger partial charge is 0.346 e. The molecule has 0 radical (unpaired) electrons. The van der Waals surface area contributed by atoms with Crippen LogP contribution in [0.5, 0.6) is 0 Å². The number of carbonyl (C=O) groups excluding carboxylic acids is 1. The summed E-state index contributed by atoms with van der Waals surface area (Å²) in [6.45, 7) is 6.72. The Bertz CT molecular complexity index is 477. The fraction of sp³-hybridized carbons (Fsp3) is 0.692. The fourth-order valence-corrected chi connectivity index (χ4v) is 3.11. The summed E-state index contributed by atoms with van der Waals surface area (Å²) in [6, 6.07) is -0.0163. The third kappa shape index (κ3) is 3.15. The molecule has 0 unspecified atom stereocenters. The van der Waals surface area contributed by atoms with Crippen LogP contribution in [0, 0.1) is 15.5 Å². The molecule has 1 fully saturated rings. The second-order valence-electron chi connectivity index (χ2n) is 5.76. The summed E-state index contributed by atoms with van der Waals surface area (Å²) in [7, 11) is 0. The second-order valence-corrected chi connectivity index (χ2v) is 6.86. The van der Waals surface area contributed by atoms with E-state index in [0.29, 0.717) is 12.5 Å². The van der Waals surface area contributed by atoms with Gasteiger partial charge in [-0.1, -0.05) is 20.8 Å². The van der Waals surface area contributed by atoms with Crippen LogP contribution in [0.4, 0.5) is 0 Å². The van der Waals surface area contributed by atoms with Crippen molar-refractivity contribution in [3.05, 3.63) is 15.7 Å². The number of likely N-dealkylation sites (tertiary alicyclic amines) is 1. The predicted molar refractivity (Wildman–Crippen MR) is 83.4 cm³/mol. The molecular weight excluding hydrogens is 371 g/mol. The Morgan fingerprint density at radius 2 is 2.35 bits per heavy atom. The lowest BCUT2D eigenvalue weighted by molar-refractivity contribution is -0.148. The molecule has 0 saturated carbocycles. The lowest BCUT2D eigenvalue weighted by Gasteiger charge is -2.28. The molecule has 0 aliphatic carbocycles. The van der Waals surface area contributed by atoms with E-state index >= 15 is 0 Å². The van der Waals surface area contributed by atoms with E-state index in [2.05, 4.69) is 39.5 Å². The highest BCUT2D eigenvalue weighted by Gasteiger charge is 2.39. The molecule has 1 aromatic rings. The van der Waals surface area contributed by atoms with Gasteiger partial charge in [0.15, 0.2) is 6.10 Å². The smallest absolute Gasteiger partial charge is 0.254 e. The van der Waals surface area contributed by atoms with E-state index < -0.39 is 6.10 Å². The molecule has 1 aromatic heterocycles. The normalized spacial score (nSPS) is 24.4. The van der Waals surface area contributed by atoms with Crippen molar-refractivity contribution < 1.29 is 9.63 Å². The highest BCUT2D eigenvalue weighted by molar-refractivity contribution is 14.1. The van der Waals surface area contributed by atoms with Crippen molar-refractivity contribution in [3.63, 3.8) is 0 Å². The molecule has 1 aliphatic heterocycles. The van der Waals surface area contributed by atoms with Crippen molar-refractivity contribution in [2.45, 2.75) is 39.3 Å². The number of imidazole rings is 1. The van der Waals surface area contributed by atoms with Gasteiger partial charge in [-0.2, -0.15) is 0 Å². The van der Waals surface area contributed by atoms with Gasteiger partial charge in [-0.15, -0.1) is 0 Å². The average Bonchev–Trinajstić information content (AvgIpc) is 2.95. The third-order valence-electron chi connectivity index (χ3n) is 3.67. The van der Waals surface area contributed by atoms with Crippen LogP contribution >= 0.6 is 22.6 Å². The van der Waals surface area contributed by atoms with Gasteiger partial charge in [-0.05, 0) is 40.8 Å². The number of nitrogens with zero attached hydrogens (tertiary/aromatic N) is 2. The number of halogens is 1. The Hall–Kier alpha value is -0.670. The van der Waals surface area contributed by atoms with Crippen molar-refractivity contribution >= 4 is 28.5 Å². The van der Waals surface area contributed by atoms with Crippen molar-refractivity contribution in [3.8, 4) is 0 Å². The number of rotatable bonds is 4. The van der Waals surface area contributed by atoms with E-state index in [-0.39, 0.29) is 17.9 Å². The van der Waals surface area contributed by atoms with E-state index in [1.165, 1.54) is 0 Å². The van der Waals surface area contributed by atoms with Gasteiger partial charge in [0.25, 0.3) is 5.91 Å². The molecular formula is C13H21IN4O2. The molecule has 0 spiro atoms. The number of amides is 1. The monoisotopic (exact) mass is 392 g/mol.